The van der Waals surface area contributed by atoms with E-state index in [1.807, 2.05) is 73.3 Å². The number of benzene rings is 3. The van der Waals surface area contributed by atoms with Gasteiger partial charge in [0.15, 0.2) is 5.82 Å². The number of nitrogens with zero attached hydrogens (tertiary/aromatic N) is 5. The Morgan fingerprint density at radius 3 is 2.43 bits per heavy atom. The quantitative estimate of drug-likeness (QED) is 0.161. The second-order valence-electron chi connectivity index (χ2n) is 13.2. The maximum Gasteiger partial charge on any atom is 0.300 e. The van der Waals surface area contributed by atoms with Crippen LogP contribution in [-0.2, 0) is 16.1 Å². The van der Waals surface area contributed by atoms with Crippen LogP contribution in [0.15, 0.2) is 77.8 Å². The molecule has 0 aliphatic carbocycles. The summed E-state index contributed by atoms with van der Waals surface area (Å²) >= 11 is 1.70. The Hall–Kier alpha value is -6.06. The van der Waals surface area contributed by atoms with Gasteiger partial charge in [-0.1, -0.05) is 43.2 Å². The molecule has 3 amide bonds. The lowest BCUT2D eigenvalue weighted by Crippen LogP contribution is -2.44. The normalized spacial score (nSPS) is 15.8. The van der Waals surface area contributed by atoms with Crippen LogP contribution in [0.3, 0.4) is 0 Å². The molecule has 0 unspecified atom stereocenters. The van der Waals surface area contributed by atoms with Crippen LogP contribution in [0.25, 0.3) is 5.00 Å². The number of aryl methyl sites for hydroxylation is 2. The van der Waals surface area contributed by atoms with Gasteiger partial charge in [-0.15, -0.1) is 21.5 Å². The Morgan fingerprint density at radius 2 is 1.68 bits per heavy atom. The van der Waals surface area contributed by atoms with Crippen LogP contribution < -0.4 is 20.9 Å². The van der Waals surface area contributed by atoms with E-state index < -0.39 is 5.91 Å². The molecule has 0 radical (unpaired) electrons. The maximum atomic E-state index is 12.9. The van der Waals surface area contributed by atoms with Crippen molar-refractivity contribution in [1.29, 1.82) is 0 Å². The van der Waals surface area contributed by atoms with Gasteiger partial charge in [0, 0.05) is 51.1 Å². The topological polar surface area (TPSA) is 134 Å². The molecule has 2 aromatic heterocycles. The Morgan fingerprint density at radius 1 is 0.943 bits per heavy atom. The van der Waals surface area contributed by atoms with Gasteiger partial charge < -0.3 is 20.9 Å². The fraction of sp³-hybridized carbons (Fsp3) is 0.268. The molecule has 2 atom stereocenters. The van der Waals surface area contributed by atoms with Gasteiger partial charge in [0.25, 0.3) is 11.8 Å². The van der Waals surface area contributed by atoms with Crippen LogP contribution >= 0.6 is 11.3 Å². The molecule has 0 saturated carbocycles. The number of para-hydroxylation sites is 1. The van der Waals surface area contributed by atoms with Crippen molar-refractivity contribution in [2.45, 2.75) is 66.1 Å². The van der Waals surface area contributed by atoms with Crippen molar-refractivity contribution in [3.63, 3.8) is 0 Å². The zero-order valence-electron chi connectivity index (χ0n) is 30.3. The molecule has 2 aliphatic rings. The minimum atomic E-state index is -0.476. The number of aromatic nitrogens is 3. The van der Waals surface area contributed by atoms with Gasteiger partial charge in [0.05, 0.1) is 18.3 Å². The van der Waals surface area contributed by atoms with Crippen LogP contribution in [-0.4, -0.2) is 50.8 Å². The summed E-state index contributed by atoms with van der Waals surface area (Å²) in [6, 6.07) is 22.9. The first-order valence-electron chi connectivity index (χ1n) is 17.6. The lowest BCUT2D eigenvalue weighted by atomic mass is 9.91. The molecule has 0 fully saturated rings. The van der Waals surface area contributed by atoms with Gasteiger partial charge >= 0.3 is 0 Å². The van der Waals surface area contributed by atoms with E-state index in [-0.39, 0.29) is 30.4 Å². The Bertz CT molecular complexity index is 2310. The zero-order chi connectivity index (χ0) is 37.2. The number of hydrogen-bond donors (Lipinski definition) is 3. The third-order valence-electron chi connectivity index (χ3n) is 9.68. The highest BCUT2D eigenvalue weighted by Gasteiger charge is 2.33. The second kappa shape index (κ2) is 14.9. The van der Waals surface area contributed by atoms with E-state index >= 15 is 0 Å². The van der Waals surface area contributed by atoms with Gasteiger partial charge in [-0.3, -0.25) is 23.9 Å². The van der Waals surface area contributed by atoms with Crippen LogP contribution in [0.4, 0.5) is 17.1 Å². The molecule has 7 rings (SSSR count). The molecule has 4 heterocycles. The summed E-state index contributed by atoms with van der Waals surface area (Å²) in [6.45, 7) is 10.5. The molecule has 11 nitrogen and oxygen atoms in total. The van der Waals surface area contributed by atoms with Gasteiger partial charge in [-0.05, 0) is 93.6 Å². The molecular formula is C41H40N8O3S. The molecule has 3 aromatic carbocycles. The number of carbonyl (C=O) groups excluding carboxylic acids is 3. The molecule has 53 heavy (non-hydrogen) atoms. The fourth-order valence-electron chi connectivity index (χ4n) is 6.93. The molecule has 0 spiro atoms. The van der Waals surface area contributed by atoms with E-state index in [2.05, 4.69) is 69.4 Å². The number of carbonyl (C=O) groups is 3. The van der Waals surface area contributed by atoms with Crippen molar-refractivity contribution in [1.82, 2.24) is 20.1 Å². The summed E-state index contributed by atoms with van der Waals surface area (Å²) in [5, 5.41) is 18.8. The molecule has 12 heteroatoms. The molecular weight excluding hydrogens is 685 g/mol. The van der Waals surface area contributed by atoms with Crippen LogP contribution in [0.2, 0.25) is 0 Å². The largest absolute Gasteiger partial charge is 0.378 e. The van der Waals surface area contributed by atoms with E-state index in [9.17, 15) is 14.4 Å². The Labute approximate surface area is 312 Å². The van der Waals surface area contributed by atoms with Crippen molar-refractivity contribution in [2.24, 2.45) is 4.99 Å². The summed E-state index contributed by atoms with van der Waals surface area (Å²) in [5.74, 6) is 6.26. The van der Waals surface area contributed by atoms with Crippen molar-refractivity contribution >= 4 is 51.8 Å². The average Bonchev–Trinajstić information content (AvgIpc) is 3.61. The van der Waals surface area contributed by atoms with Gasteiger partial charge in [0.2, 0.25) is 5.91 Å². The molecule has 0 saturated heterocycles. The van der Waals surface area contributed by atoms with Crippen LogP contribution in [0.5, 0.6) is 0 Å². The number of aliphatic imine (C=N–C) groups is 1. The maximum absolute atomic E-state index is 12.9. The predicted molar refractivity (Wildman–Crippen MR) is 209 cm³/mol. The highest BCUT2D eigenvalue weighted by Crippen LogP contribution is 2.39. The first-order chi connectivity index (χ1) is 25.6. The number of nitrogens with one attached hydrogen (secondary N) is 3. The van der Waals surface area contributed by atoms with E-state index in [0.717, 1.165) is 56.8 Å². The minimum absolute atomic E-state index is 0.0156. The number of amides is 3. The van der Waals surface area contributed by atoms with Gasteiger partial charge in [-0.2, -0.15) is 0 Å². The molecule has 0 bridgehead atoms. The SMILES string of the molecule is CCC(=O)N1c2ccccc2[C@H](Nc2ccc(NC(=O)C#CCNC(=O)c3ccc(C4=NCc5nnc(C)n5-c5sc(C)c(C)c54)cc3)cc2)C[C@@H]1C. The summed E-state index contributed by atoms with van der Waals surface area (Å²) in [7, 11) is 0. The first kappa shape index (κ1) is 35.3. The summed E-state index contributed by atoms with van der Waals surface area (Å²) in [6.07, 6.45) is 1.23. The molecule has 2 aliphatic heterocycles. The predicted octanol–water partition coefficient (Wildman–Crippen LogP) is 6.67. The van der Waals surface area contributed by atoms with Crippen molar-refractivity contribution in [2.75, 3.05) is 22.1 Å². The van der Waals surface area contributed by atoms with E-state index in [1.165, 1.54) is 10.4 Å². The van der Waals surface area contributed by atoms with Crippen molar-refractivity contribution < 1.29 is 14.4 Å². The summed E-state index contributed by atoms with van der Waals surface area (Å²) in [5.41, 5.74) is 8.01. The molecule has 268 valence electrons. The monoisotopic (exact) mass is 724 g/mol. The number of anilines is 3. The van der Waals surface area contributed by atoms with Crippen LogP contribution in [0, 0.1) is 32.6 Å². The molecule has 3 N–H and O–H groups in total. The van der Waals surface area contributed by atoms with Crippen molar-refractivity contribution in [3.8, 4) is 16.8 Å². The highest BCUT2D eigenvalue weighted by atomic mass is 32.1. The lowest BCUT2D eigenvalue weighted by molar-refractivity contribution is -0.118. The third kappa shape index (κ3) is 7.08. The zero-order valence-corrected chi connectivity index (χ0v) is 31.1. The smallest absolute Gasteiger partial charge is 0.300 e. The number of fused-ring (bicyclic) bond motifs is 4. The third-order valence-corrected chi connectivity index (χ3v) is 10.9. The Balaban J connectivity index is 0.928. The van der Waals surface area contributed by atoms with E-state index in [0.29, 0.717) is 24.2 Å². The number of hydrogen-bond acceptors (Lipinski definition) is 8. The van der Waals surface area contributed by atoms with Gasteiger partial charge in [0.1, 0.15) is 17.4 Å². The second-order valence-corrected chi connectivity index (χ2v) is 14.4. The average molecular weight is 725 g/mol. The standard InChI is InChI=1S/C41H40N8O3S/c1-6-37(51)48-24(2)22-33(32-10-7-8-11-34(32)48)44-30-17-19-31(20-18-30)45-36(50)12-9-21-42-40(52)29-15-13-28(14-16-29)39-38-25(3)26(4)53-41(38)49-27(5)46-47-35(49)23-43-39/h7-8,10-11,13-20,24,33,44H,6,21-23H2,1-5H3,(H,42,52)(H,45,50)/t24-,33+/m0/s1. The van der Waals surface area contributed by atoms with E-state index in [4.69, 9.17) is 4.99 Å². The van der Waals surface area contributed by atoms with E-state index in [1.54, 1.807) is 23.5 Å². The Kier molecular flexibility index (Phi) is 9.93. The molecule has 5 aromatic rings. The first-order valence-corrected chi connectivity index (χ1v) is 18.5. The summed E-state index contributed by atoms with van der Waals surface area (Å²) in [4.78, 5) is 46.1. The fourth-order valence-corrected chi connectivity index (χ4v) is 8.15. The van der Waals surface area contributed by atoms with Crippen LogP contribution in [0.1, 0.15) is 81.9 Å². The highest BCUT2D eigenvalue weighted by molar-refractivity contribution is 7.15. The number of rotatable bonds is 7. The minimum Gasteiger partial charge on any atom is -0.378 e. The lowest BCUT2D eigenvalue weighted by Gasteiger charge is -2.40. The number of thiophene rings is 1. The van der Waals surface area contributed by atoms with Gasteiger partial charge in [-0.25, -0.2) is 0 Å². The van der Waals surface area contributed by atoms with Crippen molar-refractivity contribution in [3.05, 3.63) is 117 Å². The summed E-state index contributed by atoms with van der Waals surface area (Å²) < 4.78 is 2.08.